The number of hydrogen-bond donors (Lipinski definition) is 1. The number of aromatic nitrogens is 2. The molecule has 0 saturated heterocycles. The van der Waals surface area contributed by atoms with Gasteiger partial charge in [-0.15, -0.1) is 0 Å². The summed E-state index contributed by atoms with van der Waals surface area (Å²) < 4.78 is 37.6. The van der Waals surface area contributed by atoms with Crippen LogP contribution in [0.4, 0.5) is 13.2 Å². The van der Waals surface area contributed by atoms with Gasteiger partial charge >= 0.3 is 6.18 Å². The maximum Gasteiger partial charge on any atom is 0.417 e. The molecule has 0 fully saturated rings. The van der Waals surface area contributed by atoms with Crippen LogP contribution in [0.1, 0.15) is 11.3 Å². The standard InChI is InChI=1S/C12H9F3N2O/c1-7-2-10(18)4-11(17-7)8-3-9(6-16-5-8)12(13,14)15/h2-6H,1H3,(H,17,18). The molecule has 0 aliphatic carbocycles. The number of hydrogen-bond acceptors (Lipinski definition) is 2. The third kappa shape index (κ3) is 2.58. The van der Waals surface area contributed by atoms with Crippen LogP contribution >= 0.6 is 0 Å². The Morgan fingerprint density at radius 2 is 1.89 bits per heavy atom. The van der Waals surface area contributed by atoms with Crippen LogP contribution < -0.4 is 5.43 Å². The number of halogens is 3. The molecular weight excluding hydrogens is 245 g/mol. The highest BCUT2D eigenvalue weighted by Gasteiger charge is 2.31. The maximum atomic E-state index is 12.5. The Morgan fingerprint density at radius 3 is 2.50 bits per heavy atom. The van der Waals surface area contributed by atoms with Crippen LogP contribution in [0, 0.1) is 6.92 Å². The van der Waals surface area contributed by atoms with E-state index in [4.69, 9.17) is 0 Å². The van der Waals surface area contributed by atoms with E-state index in [1.807, 2.05) is 0 Å². The lowest BCUT2D eigenvalue weighted by Crippen LogP contribution is -2.06. The molecule has 1 N–H and O–H groups in total. The Hall–Kier alpha value is -2.11. The third-order valence-corrected chi connectivity index (χ3v) is 2.35. The summed E-state index contributed by atoms with van der Waals surface area (Å²) in [6, 6.07) is 3.56. The Kier molecular flexibility index (Phi) is 2.94. The summed E-state index contributed by atoms with van der Waals surface area (Å²) in [6.07, 6.45) is -2.43. The van der Waals surface area contributed by atoms with E-state index in [0.29, 0.717) is 11.4 Å². The van der Waals surface area contributed by atoms with Crippen molar-refractivity contribution in [2.24, 2.45) is 0 Å². The molecular formula is C12H9F3N2O. The molecule has 0 radical (unpaired) electrons. The topological polar surface area (TPSA) is 45.8 Å². The van der Waals surface area contributed by atoms with Crippen LogP contribution in [-0.4, -0.2) is 9.97 Å². The van der Waals surface area contributed by atoms with Gasteiger partial charge in [0.2, 0.25) is 0 Å². The molecule has 0 bridgehead atoms. The van der Waals surface area contributed by atoms with E-state index < -0.39 is 11.7 Å². The average Bonchev–Trinajstić information content (AvgIpc) is 2.27. The Morgan fingerprint density at radius 1 is 1.17 bits per heavy atom. The van der Waals surface area contributed by atoms with Gasteiger partial charge in [-0.3, -0.25) is 9.78 Å². The first-order valence-corrected chi connectivity index (χ1v) is 5.10. The summed E-state index contributed by atoms with van der Waals surface area (Å²) in [5.74, 6) is 0. The Labute approximate surface area is 100 Å². The number of H-pyrrole nitrogens is 1. The van der Waals surface area contributed by atoms with Gasteiger partial charge in [-0.25, -0.2) is 0 Å². The molecule has 2 aromatic rings. The van der Waals surface area contributed by atoms with Crippen molar-refractivity contribution in [2.45, 2.75) is 13.1 Å². The number of aromatic amines is 1. The van der Waals surface area contributed by atoms with Gasteiger partial charge in [0, 0.05) is 35.8 Å². The number of nitrogens with zero attached hydrogens (tertiary/aromatic N) is 1. The fourth-order valence-electron chi connectivity index (χ4n) is 1.58. The van der Waals surface area contributed by atoms with E-state index in [1.165, 1.54) is 18.3 Å². The van der Waals surface area contributed by atoms with Crippen LogP contribution in [0.5, 0.6) is 0 Å². The highest BCUT2D eigenvalue weighted by atomic mass is 19.4. The van der Waals surface area contributed by atoms with Crippen molar-refractivity contribution < 1.29 is 13.2 Å². The second-order valence-electron chi connectivity index (χ2n) is 3.87. The minimum absolute atomic E-state index is 0.227. The summed E-state index contributed by atoms with van der Waals surface area (Å²) in [5.41, 5.74) is 0.0140. The number of pyridine rings is 2. The van der Waals surface area contributed by atoms with Crippen molar-refractivity contribution in [1.82, 2.24) is 9.97 Å². The predicted octanol–water partition coefficient (Wildman–Crippen LogP) is 2.76. The van der Waals surface area contributed by atoms with E-state index in [0.717, 1.165) is 12.3 Å². The quantitative estimate of drug-likeness (QED) is 0.850. The second kappa shape index (κ2) is 4.29. The van der Waals surface area contributed by atoms with Gasteiger partial charge in [0.25, 0.3) is 0 Å². The summed E-state index contributed by atoms with van der Waals surface area (Å²) in [4.78, 5) is 17.7. The molecule has 2 heterocycles. The number of aryl methyl sites for hydroxylation is 1. The highest BCUT2D eigenvalue weighted by molar-refractivity contribution is 5.58. The summed E-state index contributed by atoms with van der Waals surface area (Å²) in [7, 11) is 0. The van der Waals surface area contributed by atoms with Gasteiger partial charge in [-0.1, -0.05) is 0 Å². The Balaban J connectivity index is 2.54. The molecule has 0 saturated carbocycles. The fourth-order valence-corrected chi connectivity index (χ4v) is 1.58. The van der Waals surface area contributed by atoms with Gasteiger partial charge in [-0.2, -0.15) is 13.2 Å². The van der Waals surface area contributed by atoms with Gasteiger partial charge < -0.3 is 4.98 Å². The monoisotopic (exact) mass is 254 g/mol. The molecule has 0 aliphatic heterocycles. The first-order chi connectivity index (χ1) is 8.36. The first kappa shape index (κ1) is 12.3. The zero-order valence-electron chi connectivity index (χ0n) is 9.38. The fraction of sp³-hybridized carbons (Fsp3) is 0.167. The van der Waals surface area contributed by atoms with Crippen LogP contribution in [-0.2, 0) is 6.18 Å². The maximum absolute atomic E-state index is 12.5. The minimum atomic E-state index is -4.45. The molecule has 0 aromatic carbocycles. The second-order valence-corrected chi connectivity index (χ2v) is 3.87. The molecule has 0 atom stereocenters. The van der Waals surface area contributed by atoms with Crippen molar-refractivity contribution >= 4 is 0 Å². The number of rotatable bonds is 1. The zero-order chi connectivity index (χ0) is 13.3. The lowest BCUT2D eigenvalue weighted by atomic mass is 10.1. The SMILES string of the molecule is Cc1cc(=O)cc(-c2cncc(C(F)(F)F)c2)[nH]1. The van der Waals surface area contributed by atoms with Gasteiger partial charge in [-0.05, 0) is 13.0 Å². The van der Waals surface area contributed by atoms with Crippen molar-refractivity contribution in [3.63, 3.8) is 0 Å². The Bertz CT molecular complexity index is 632. The molecule has 3 nitrogen and oxygen atoms in total. The average molecular weight is 254 g/mol. The van der Waals surface area contributed by atoms with Gasteiger partial charge in [0.1, 0.15) is 0 Å². The summed E-state index contributed by atoms with van der Waals surface area (Å²) in [6.45, 7) is 1.66. The molecule has 0 amide bonds. The molecule has 0 unspecified atom stereocenters. The smallest absolute Gasteiger partial charge is 0.358 e. The minimum Gasteiger partial charge on any atom is -0.358 e. The van der Waals surface area contributed by atoms with E-state index >= 15 is 0 Å². The summed E-state index contributed by atoms with van der Waals surface area (Å²) in [5, 5.41) is 0. The van der Waals surface area contributed by atoms with Crippen LogP contribution in [0.2, 0.25) is 0 Å². The first-order valence-electron chi connectivity index (χ1n) is 5.10. The normalized spacial score (nSPS) is 11.6. The zero-order valence-corrected chi connectivity index (χ0v) is 9.38. The van der Waals surface area contributed by atoms with Crippen LogP contribution in [0.15, 0.2) is 35.4 Å². The molecule has 2 aromatic heterocycles. The largest absolute Gasteiger partial charge is 0.417 e. The molecule has 94 valence electrons. The van der Waals surface area contributed by atoms with E-state index in [1.54, 1.807) is 6.92 Å². The number of alkyl halides is 3. The lowest BCUT2D eigenvalue weighted by Gasteiger charge is -2.08. The van der Waals surface area contributed by atoms with Crippen LogP contribution in [0.3, 0.4) is 0 Å². The molecule has 18 heavy (non-hydrogen) atoms. The molecule has 2 rings (SSSR count). The van der Waals surface area contributed by atoms with E-state index in [2.05, 4.69) is 9.97 Å². The molecule has 0 aliphatic rings. The van der Waals surface area contributed by atoms with Crippen molar-refractivity contribution in [1.29, 1.82) is 0 Å². The van der Waals surface area contributed by atoms with Crippen molar-refractivity contribution in [3.8, 4) is 11.3 Å². The van der Waals surface area contributed by atoms with Gasteiger partial charge in [0.05, 0.1) is 11.3 Å². The van der Waals surface area contributed by atoms with Crippen molar-refractivity contribution in [3.05, 3.63) is 52.1 Å². The number of nitrogens with one attached hydrogen (secondary N) is 1. The predicted molar refractivity (Wildman–Crippen MR) is 60.0 cm³/mol. The third-order valence-electron chi connectivity index (χ3n) is 2.35. The van der Waals surface area contributed by atoms with Crippen molar-refractivity contribution in [2.75, 3.05) is 0 Å². The van der Waals surface area contributed by atoms with E-state index in [-0.39, 0.29) is 11.0 Å². The highest BCUT2D eigenvalue weighted by Crippen LogP contribution is 2.30. The lowest BCUT2D eigenvalue weighted by molar-refractivity contribution is -0.137. The van der Waals surface area contributed by atoms with Crippen LogP contribution in [0.25, 0.3) is 11.3 Å². The molecule has 0 spiro atoms. The molecule has 6 heteroatoms. The van der Waals surface area contributed by atoms with E-state index in [9.17, 15) is 18.0 Å². The van der Waals surface area contributed by atoms with Gasteiger partial charge in [0.15, 0.2) is 5.43 Å². The summed E-state index contributed by atoms with van der Waals surface area (Å²) >= 11 is 0.